The van der Waals surface area contributed by atoms with E-state index in [1.165, 1.54) is 10.5 Å². The topological polar surface area (TPSA) is 56.7 Å². The molecule has 0 saturated carbocycles. The van der Waals surface area contributed by atoms with Gasteiger partial charge in [-0.2, -0.15) is 0 Å². The van der Waals surface area contributed by atoms with E-state index in [1.807, 2.05) is 18.2 Å². The van der Waals surface area contributed by atoms with Gasteiger partial charge in [0.2, 0.25) is 5.91 Å². The Morgan fingerprint density at radius 3 is 2.52 bits per heavy atom. The van der Waals surface area contributed by atoms with Crippen molar-refractivity contribution in [1.29, 1.82) is 0 Å². The van der Waals surface area contributed by atoms with Gasteiger partial charge in [-0.15, -0.1) is 30.6 Å². The van der Waals surface area contributed by atoms with Crippen molar-refractivity contribution in [2.24, 2.45) is 4.99 Å². The fraction of sp³-hybridized carbons (Fsp3) is 0.444. The molecule has 1 aromatic rings. The maximum atomic E-state index is 11.7. The van der Waals surface area contributed by atoms with Gasteiger partial charge in [-0.25, -0.2) is 4.99 Å². The van der Waals surface area contributed by atoms with Gasteiger partial charge in [0.25, 0.3) is 0 Å². The number of nitrogens with zero attached hydrogens (tertiary/aromatic N) is 2. The van der Waals surface area contributed by atoms with Crippen LogP contribution in [0.1, 0.15) is 19.4 Å². The van der Waals surface area contributed by atoms with Crippen LogP contribution in [-0.2, 0) is 10.2 Å². The predicted octanol–water partition coefficient (Wildman–Crippen LogP) is 3.15. The Labute approximate surface area is 176 Å². The second-order valence-electron chi connectivity index (χ2n) is 6.34. The van der Waals surface area contributed by atoms with E-state index in [-0.39, 0.29) is 41.8 Å². The third-order valence-electron chi connectivity index (χ3n) is 3.59. The smallest absolute Gasteiger partial charge is 0.243 e. The third-order valence-corrected chi connectivity index (χ3v) is 4.28. The number of benzene rings is 1. The number of halogens is 2. The van der Waals surface area contributed by atoms with Crippen LogP contribution in [0.5, 0.6) is 0 Å². The predicted molar refractivity (Wildman–Crippen MR) is 120 cm³/mol. The molecule has 0 aliphatic rings. The molecule has 25 heavy (non-hydrogen) atoms. The van der Waals surface area contributed by atoms with Crippen LogP contribution in [0.4, 0.5) is 0 Å². The van der Waals surface area contributed by atoms with Crippen LogP contribution in [0.3, 0.4) is 0 Å². The van der Waals surface area contributed by atoms with Gasteiger partial charge in [0.05, 0.1) is 0 Å². The molecule has 1 amide bonds. The van der Waals surface area contributed by atoms with Crippen molar-refractivity contribution in [2.75, 3.05) is 33.7 Å². The van der Waals surface area contributed by atoms with Crippen LogP contribution in [0, 0.1) is 0 Å². The molecular formula is C18H28BrIN4O. The zero-order chi connectivity index (χ0) is 18.2. The Morgan fingerprint density at radius 2 is 1.96 bits per heavy atom. The number of nitrogens with one attached hydrogen (secondary N) is 2. The standard InChI is InChI=1S/C18H27BrN4O.HI/c1-6-11-20-17(21-12-16(24)23(4)5)22-13-18(2,3)14-9-7-8-10-15(14)19;/h6-10H,1,11-13H2,2-5H3,(H2,20,21,22);1H. The van der Waals surface area contributed by atoms with E-state index in [2.05, 4.69) is 58.0 Å². The summed E-state index contributed by atoms with van der Waals surface area (Å²) in [5, 5.41) is 6.46. The second-order valence-corrected chi connectivity index (χ2v) is 7.19. The van der Waals surface area contributed by atoms with Crippen LogP contribution in [0.25, 0.3) is 0 Å². The number of hydrogen-bond acceptors (Lipinski definition) is 2. The summed E-state index contributed by atoms with van der Waals surface area (Å²) in [5.74, 6) is 0.560. The molecule has 0 aliphatic heterocycles. The summed E-state index contributed by atoms with van der Waals surface area (Å²) in [6.45, 7) is 9.39. The molecule has 140 valence electrons. The van der Waals surface area contributed by atoms with Crippen LogP contribution < -0.4 is 10.6 Å². The highest BCUT2D eigenvalue weighted by Gasteiger charge is 2.23. The van der Waals surface area contributed by atoms with Crippen molar-refractivity contribution < 1.29 is 4.79 Å². The number of hydrogen-bond donors (Lipinski definition) is 2. The van der Waals surface area contributed by atoms with Crippen LogP contribution in [-0.4, -0.2) is 50.5 Å². The minimum absolute atomic E-state index is 0. The van der Waals surface area contributed by atoms with E-state index in [9.17, 15) is 4.79 Å². The molecule has 0 unspecified atom stereocenters. The van der Waals surface area contributed by atoms with Crippen molar-refractivity contribution in [1.82, 2.24) is 15.5 Å². The third kappa shape index (κ3) is 8.22. The normalized spacial score (nSPS) is 11.3. The van der Waals surface area contributed by atoms with Gasteiger partial charge < -0.3 is 15.5 Å². The Bertz CT molecular complexity index is 602. The first-order valence-corrected chi connectivity index (χ1v) is 8.65. The maximum Gasteiger partial charge on any atom is 0.243 e. The highest BCUT2D eigenvalue weighted by molar-refractivity contribution is 14.0. The molecule has 1 aromatic carbocycles. The largest absolute Gasteiger partial charge is 0.356 e. The summed E-state index contributed by atoms with van der Waals surface area (Å²) in [6.07, 6.45) is 1.75. The summed E-state index contributed by atoms with van der Waals surface area (Å²) in [7, 11) is 3.44. The average molecular weight is 523 g/mol. The molecular weight excluding hydrogens is 495 g/mol. The fourth-order valence-corrected chi connectivity index (χ4v) is 2.86. The number of guanidine groups is 1. The Balaban J connectivity index is 0.00000576. The lowest BCUT2D eigenvalue weighted by Crippen LogP contribution is -2.44. The molecule has 0 radical (unpaired) electrons. The molecule has 1 rings (SSSR count). The number of rotatable bonds is 7. The van der Waals surface area contributed by atoms with Gasteiger partial charge in [0.15, 0.2) is 5.96 Å². The van der Waals surface area contributed by atoms with Gasteiger partial charge in [-0.3, -0.25) is 4.79 Å². The summed E-state index contributed by atoms with van der Waals surface area (Å²) in [4.78, 5) is 17.6. The monoisotopic (exact) mass is 522 g/mol. The lowest BCUT2D eigenvalue weighted by Gasteiger charge is -2.28. The summed E-state index contributed by atoms with van der Waals surface area (Å²) >= 11 is 3.61. The molecule has 0 heterocycles. The van der Waals surface area contributed by atoms with E-state index >= 15 is 0 Å². The SMILES string of the molecule is C=CCNC(=NCC(=O)N(C)C)NCC(C)(C)c1ccccc1Br.I. The number of carbonyl (C=O) groups excluding carboxylic acids is 1. The molecule has 0 aliphatic carbocycles. The second kappa shape index (κ2) is 11.5. The van der Waals surface area contributed by atoms with E-state index in [4.69, 9.17) is 0 Å². The van der Waals surface area contributed by atoms with Gasteiger partial charge in [0, 0.05) is 37.1 Å². The molecule has 0 atom stereocenters. The van der Waals surface area contributed by atoms with E-state index in [1.54, 1.807) is 20.2 Å². The van der Waals surface area contributed by atoms with Gasteiger partial charge >= 0.3 is 0 Å². The quantitative estimate of drug-likeness (QED) is 0.250. The van der Waals surface area contributed by atoms with E-state index in [0.717, 1.165) is 4.47 Å². The minimum atomic E-state index is -0.109. The van der Waals surface area contributed by atoms with Crippen LogP contribution in [0.2, 0.25) is 0 Å². The van der Waals surface area contributed by atoms with Gasteiger partial charge in [0.1, 0.15) is 6.54 Å². The number of amides is 1. The Kier molecular flexibility index (Phi) is 11.0. The molecule has 5 nitrogen and oxygen atoms in total. The number of aliphatic imine (C=N–C) groups is 1. The summed E-state index contributed by atoms with van der Waals surface area (Å²) < 4.78 is 1.08. The lowest BCUT2D eigenvalue weighted by molar-refractivity contribution is -0.127. The first-order chi connectivity index (χ1) is 11.3. The zero-order valence-electron chi connectivity index (χ0n) is 15.3. The van der Waals surface area contributed by atoms with Crippen molar-refractivity contribution in [3.05, 3.63) is 47.0 Å². The van der Waals surface area contributed by atoms with Gasteiger partial charge in [-0.1, -0.05) is 54.1 Å². The zero-order valence-corrected chi connectivity index (χ0v) is 19.2. The first-order valence-electron chi connectivity index (χ1n) is 7.86. The summed E-state index contributed by atoms with van der Waals surface area (Å²) in [6, 6.07) is 8.18. The van der Waals surface area contributed by atoms with Crippen molar-refractivity contribution in [3.8, 4) is 0 Å². The van der Waals surface area contributed by atoms with Crippen LogP contribution in [0.15, 0.2) is 46.4 Å². The first kappa shape index (κ1) is 23.9. The summed E-state index contributed by atoms with van der Waals surface area (Å²) in [5.41, 5.74) is 1.10. The van der Waals surface area contributed by atoms with Crippen molar-refractivity contribution >= 4 is 51.8 Å². The number of likely N-dealkylation sites (N-methyl/N-ethyl adjacent to an activating group) is 1. The molecule has 0 saturated heterocycles. The van der Waals surface area contributed by atoms with E-state index < -0.39 is 0 Å². The molecule has 0 bridgehead atoms. The molecule has 0 fully saturated rings. The van der Waals surface area contributed by atoms with E-state index in [0.29, 0.717) is 19.0 Å². The molecule has 7 heteroatoms. The highest BCUT2D eigenvalue weighted by atomic mass is 127. The van der Waals surface area contributed by atoms with Gasteiger partial charge in [-0.05, 0) is 11.6 Å². The Hall–Kier alpha value is -1.09. The highest BCUT2D eigenvalue weighted by Crippen LogP contribution is 2.29. The maximum absolute atomic E-state index is 11.7. The minimum Gasteiger partial charge on any atom is -0.356 e. The fourth-order valence-electron chi connectivity index (χ4n) is 2.04. The molecule has 0 aromatic heterocycles. The Morgan fingerprint density at radius 1 is 1.32 bits per heavy atom. The molecule has 2 N–H and O–H groups in total. The average Bonchev–Trinajstić information content (AvgIpc) is 2.53. The van der Waals surface area contributed by atoms with Crippen molar-refractivity contribution in [2.45, 2.75) is 19.3 Å². The number of carbonyl (C=O) groups is 1. The van der Waals surface area contributed by atoms with Crippen molar-refractivity contribution in [3.63, 3.8) is 0 Å². The lowest BCUT2D eigenvalue weighted by atomic mass is 9.84. The molecule has 0 spiro atoms. The van der Waals surface area contributed by atoms with Crippen LogP contribution >= 0.6 is 39.9 Å².